The van der Waals surface area contributed by atoms with Crippen molar-refractivity contribution in [2.24, 2.45) is 0 Å². The molecule has 0 bridgehead atoms. The number of nitrogens with zero attached hydrogens (tertiary/aromatic N) is 2. The third-order valence-electron chi connectivity index (χ3n) is 5.95. The standard InChI is InChI=1S/C26H26N2S/c1-15-10-17(3)23(18(4)11-15)27-14-28(24-19(5)12-16(2)13-20(24)6)26-22(25(26)27)21-8-7-9-29-21/h7-13,22H,1-6H3. The maximum Gasteiger partial charge on any atom is 0.218 e. The Balaban J connectivity index is 1.63. The molecule has 1 aliphatic heterocycles. The molecule has 0 spiro atoms. The second-order valence-electron chi connectivity index (χ2n) is 8.48. The van der Waals surface area contributed by atoms with Crippen LogP contribution in [0.3, 0.4) is 0 Å². The lowest BCUT2D eigenvalue weighted by Crippen LogP contribution is -2.29. The fraction of sp³-hybridized carbons (Fsp3) is 0.269. The quantitative estimate of drug-likeness (QED) is 0.472. The summed E-state index contributed by atoms with van der Waals surface area (Å²) in [6.07, 6.45) is 0. The number of allylic oxidation sites excluding steroid dienone is 2. The Morgan fingerprint density at radius 1 is 0.724 bits per heavy atom. The summed E-state index contributed by atoms with van der Waals surface area (Å²) in [6.45, 7) is 16.9. The zero-order valence-corrected chi connectivity index (χ0v) is 18.7. The first-order valence-electron chi connectivity index (χ1n) is 10.2. The minimum Gasteiger partial charge on any atom is -0.310 e. The van der Waals surface area contributed by atoms with Crippen LogP contribution >= 0.6 is 11.3 Å². The third kappa shape index (κ3) is 2.83. The van der Waals surface area contributed by atoms with Crippen LogP contribution in [0, 0.1) is 48.2 Å². The van der Waals surface area contributed by atoms with E-state index in [1.807, 2.05) is 11.3 Å². The number of hydrogen-bond acceptors (Lipinski definition) is 3. The fourth-order valence-electron chi connectivity index (χ4n) is 5.01. The van der Waals surface area contributed by atoms with Crippen molar-refractivity contribution >= 4 is 22.7 Å². The zero-order valence-electron chi connectivity index (χ0n) is 17.9. The minimum atomic E-state index is 0.372. The van der Waals surface area contributed by atoms with Gasteiger partial charge in [0.2, 0.25) is 6.67 Å². The number of aryl methyl sites for hydroxylation is 6. The highest BCUT2D eigenvalue weighted by Crippen LogP contribution is 2.60. The molecule has 146 valence electrons. The number of benzene rings is 2. The maximum atomic E-state index is 3.71. The molecule has 0 fully saturated rings. The Morgan fingerprint density at radius 2 is 1.17 bits per heavy atom. The molecule has 0 atom stereocenters. The lowest BCUT2D eigenvalue weighted by atomic mass is 10.0. The van der Waals surface area contributed by atoms with Crippen LogP contribution in [0.25, 0.3) is 0 Å². The van der Waals surface area contributed by atoms with Gasteiger partial charge in [-0.25, -0.2) is 0 Å². The van der Waals surface area contributed by atoms with Gasteiger partial charge in [0.05, 0.1) is 17.3 Å². The Kier molecular flexibility index (Phi) is 4.15. The van der Waals surface area contributed by atoms with Gasteiger partial charge in [0, 0.05) is 16.3 Å². The average molecular weight is 399 g/mol. The lowest BCUT2D eigenvalue weighted by molar-refractivity contribution is 0.917. The molecule has 2 aliphatic rings. The summed E-state index contributed by atoms with van der Waals surface area (Å²) >= 11 is 1.84. The largest absolute Gasteiger partial charge is 0.310 e. The Labute approximate surface area is 178 Å². The molecule has 1 aliphatic carbocycles. The smallest absolute Gasteiger partial charge is 0.218 e. The summed E-state index contributed by atoms with van der Waals surface area (Å²) in [7, 11) is 0. The van der Waals surface area contributed by atoms with E-state index in [2.05, 4.69) is 99.8 Å². The van der Waals surface area contributed by atoms with Crippen LogP contribution in [0.4, 0.5) is 11.4 Å². The summed E-state index contributed by atoms with van der Waals surface area (Å²) in [5.41, 5.74) is 13.1. The number of rotatable bonds is 3. The summed E-state index contributed by atoms with van der Waals surface area (Å²) in [5.74, 6) is 0.372. The molecule has 29 heavy (non-hydrogen) atoms. The van der Waals surface area contributed by atoms with E-state index >= 15 is 0 Å². The van der Waals surface area contributed by atoms with Gasteiger partial charge in [0.1, 0.15) is 0 Å². The van der Waals surface area contributed by atoms with Crippen molar-refractivity contribution in [3.8, 4) is 0 Å². The third-order valence-corrected chi connectivity index (χ3v) is 6.89. The van der Waals surface area contributed by atoms with E-state index in [-0.39, 0.29) is 0 Å². The normalized spacial score (nSPS) is 16.1. The highest BCUT2D eigenvalue weighted by atomic mass is 32.1. The predicted octanol–water partition coefficient (Wildman–Crippen LogP) is 6.93. The van der Waals surface area contributed by atoms with Gasteiger partial charge < -0.3 is 9.80 Å². The first-order valence-corrected chi connectivity index (χ1v) is 11.0. The van der Waals surface area contributed by atoms with Crippen LogP contribution in [-0.2, 0) is 0 Å². The summed E-state index contributed by atoms with van der Waals surface area (Å²) in [5, 5.41) is 2.18. The van der Waals surface area contributed by atoms with Gasteiger partial charge >= 0.3 is 0 Å². The summed E-state index contributed by atoms with van der Waals surface area (Å²) in [6, 6.07) is 13.5. The molecule has 2 nitrogen and oxygen atoms in total. The molecular formula is C26H26N2S. The van der Waals surface area contributed by atoms with Crippen LogP contribution in [-0.4, -0.2) is 0 Å². The molecule has 0 saturated heterocycles. The van der Waals surface area contributed by atoms with E-state index in [0.717, 1.165) is 0 Å². The highest BCUT2D eigenvalue weighted by molar-refractivity contribution is 7.10. The van der Waals surface area contributed by atoms with Crippen molar-refractivity contribution < 1.29 is 0 Å². The maximum absolute atomic E-state index is 3.71. The molecule has 0 saturated carbocycles. The molecule has 3 aromatic rings. The van der Waals surface area contributed by atoms with Gasteiger partial charge in [-0.15, -0.1) is 11.3 Å². The Morgan fingerprint density at radius 3 is 1.55 bits per heavy atom. The second kappa shape index (κ2) is 6.50. The molecule has 0 N–H and O–H groups in total. The van der Waals surface area contributed by atoms with Crippen molar-refractivity contribution in [1.29, 1.82) is 0 Å². The van der Waals surface area contributed by atoms with E-state index in [4.69, 9.17) is 0 Å². The van der Waals surface area contributed by atoms with Crippen LogP contribution in [0.1, 0.15) is 44.2 Å². The molecule has 0 unspecified atom stereocenters. The average Bonchev–Trinajstić information content (AvgIpc) is 2.96. The Bertz CT molecular complexity index is 1030. The van der Waals surface area contributed by atoms with E-state index in [1.165, 1.54) is 61.0 Å². The van der Waals surface area contributed by atoms with Crippen LogP contribution in [0.2, 0.25) is 0 Å². The molecule has 5 rings (SSSR count). The number of thiophene rings is 1. The van der Waals surface area contributed by atoms with Gasteiger partial charge in [-0.3, -0.25) is 0 Å². The molecule has 1 aromatic heterocycles. The van der Waals surface area contributed by atoms with Crippen molar-refractivity contribution in [2.75, 3.05) is 9.80 Å². The summed E-state index contributed by atoms with van der Waals surface area (Å²) in [4.78, 5) is 6.06. The number of hydrogen-bond donors (Lipinski definition) is 0. The molecule has 2 heterocycles. The predicted molar refractivity (Wildman–Crippen MR) is 124 cm³/mol. The van der Waals surface area contributed by atoms with Crippen LogP contribution in [0.5, 0.6) is 0 Å². The molecule has 2 aromatic carbocycles. The molecule has 0 amide bonds. The number of anilines is 2. The fourth-order valence-corrected chi connectivity index (χ4v) is 5.84. The van der Waals surface area contributed by atoms with Gasteiger partial charge in [-0.1, -0.05) is 41.5 Å². The van der Waals surface area contributed by atoms with Gasteiger partial charge in [-0.2, -0.15) is 0 Å². The van der Waals surface area contributed by atoms with Crippen molar-refractivity contribution in [3.63, 3.8) is 0 Å². The van der Waals surface area contributed by atoms with E-state index in [9.17, 15) is 0 Å². The zero-order chi connectivity index (χ0) is 20.4. The van der Waals surface area contributed by atoms with Crippen molar-refractivity contribution in [2.45, 2.75) is 47.5 Å². The van der Waals surface area contributed by atoms with Crippen LogP contribution in [0.15, 0.2) is 53.2 Å². The topological polar surface area (TPSA) is 6.48 Å². The Hall–Kier alpha value is -2.52. The first-order chi connectivity index (χ1) is 13.9. The highest BCUT2D eigenvalue weighted by Gasteiger charge is 2.53. The van der Waals surface area contributed by atoms with Crippen molar-refractivity contribution in [1.82, 2.24) is 0 Å². The minimum absolute atomic E-state index is 0.372. The van der Waals surface area contributed by atoms with Gasteiger partial charge in [0.15, 0.2) is 0 Å². The molecule has 3 heteroatoms. The second-order valence-corrected chi connectivity index (χ2v) is 9.46. The first kappa shape index (κ1) is 18.5. The lowest BCUT2D eigenvalue weighted by Gasteiger charge is -2.31. The van der Waals surface area contributed by atoms with Gasteiger partial charge in [0.25, 0.3) is 0 Å². The SMILES string of the molecule is Cc1cc(C)c(N2[C]N(c3c(C)cc(C)cc3C)C3=C2C3c2cccs2)c(C)c1. The van der Waals surface area contributed by atoms with E-state index < -0.39 is 0 Å². The molecule has 2 radical (unpaired) electrons. The van der Waals surface area contributed by atoms with Crippen molar-refractivity contribution in [3.05, 3.63) is 98.1 Å². The molecular weight excluding hydrogens is 372 g/mol. The monoisotopic (exact) mass is 398 g/mol. The van der Waals surface area contributed by atoms with Gasteiger partial charge in [-0.05, 0) is 75.2 Å². The van der Waals surface area contributed by atoms with Crippen LogP contribution < -0.4 is 9.80 Å². The van der Waals surface area contributed by atoms with E-state index in [0.29, 0.717) is 5.92 Å². The summed E-state index contributed by atoms with van der Waals surface area (Å²) < 4.78 is 0. The van der Waals surface area contributed by atoms with E-state index in [1.54, 1.807) is 0 Å².